The summed E-state index contributed by atoms with van der Waals surface area (Å²) in [6.45, 7) is 5.35. The summed E-state index contributed by atoms with van der Waals surface area (Å²) in [5, 5.41) is 5.87. The molecular weight excluding hydrogens is 287 g/mol. The van der Waals surface area contributed by atoms with Gasteiger partial charge in [0.2, 0.25) is 0 Å². The molecule has 1 atom stereocenters. The molecule has 2 nitrogen and oxygen atoms in total. The van der Waals surface area contributed by atoms with Crippen LogP contribution in [-0.2, 0) is 0 Å². The maximum Gasteiger partial charge on any atom is 0.161 e. The van der Waals surface area contributed by atoms with Crippen LogP contribution in [0.5, 0.6) is 0 Å². The third-order valence-corrected chi connectivity index (χ3v) is 4.59. The van der Waals surface area contributed by atoms with Gasteiger partial charge in [-0.15, -0.1) is 0 Å². The Bertz CT molecular complexity index is 460. The highest BCUT2D eigenvalue weighted by Crippen LogP contribution is 2.32. The molecule has 98 valence electrons. The quantitative estimate of drug-likeness (QED) is 0.857. The van der Waals surface area contributed by atoms with Gasteiger partial charge in [-0.2, -0.15) is 0 Å². The summed E-state index contributed by atoms with van der Waals surface area (Å²) in [6, 6.07) is 5.57. The first kappa shape index (κ1) is 14.0. The molecule has 0 bridgehead atoms. The zero-order valence-corrected chi connectivity index (χ0v) is 12.7. The number of nitrogens with one attached hydrogen (secondary N) is 1. The van der Waals surface area contributed by atoms with Gasteiger partial charge in [0.25, 0.3) is 0 Å². The molecular formula is C13H16Cl2N2S. The van der Waals surface area contributed by atoms with Gasteiger partial charge >= 0.3 is 0 Å². The number of hydrogen-bond acceptors (Lipinski definition) is 3. The van der Waals surface area contributed by atoms with Crippen molar-refractivity contribution in [2.75, 3.05) is 11.9 Å². The second kappa shape index (κ2) is 6.18. The number of aliphatic imine (C=N–C) groups is 1. The highest BCUT2D eigenvalue weighted by molar-refractivity contribution is 8.15. The van der Waals surface area contributed by atoms with E-state index in [-0.39, 0.29) is 0 Å². The number of nitrogens with zero attached hydrogens (tertiary/aromatic N) is 1. The zero-order valence-electron chi connectivity index (χ0n) is 10.4. The van der Waals surface area contributed by atoms with Gasteiger partial charge < -0.3 is 5.32 Å². The van der Waals surface area contributed by atoms with E-state index in [9.17, 15) is 0 Å². The lowest BCUT2D eigenvalue weighted by Gasteiger charge is -2.12. The maximum absolute atomic E-state index is 6.13. The minimum Gasteiger partial charge on any atom is -0.334 e. The number of benzene rings is 1. The van der Waals surface area contributed by atoms with Crippen molar-refractivity contribution in [1.29, 1.82) is 0 Å². The summed E-state index contributed by atoms with van der Waals surface area (Å²) < 4.78 is 0. The SMILES string of the molecule is CC(C)CC1CN=C(Nc2cccc(Cl)c2Cl)S1. The van der Waals surface area contributed by atoms with Crippen molar-refractivity contribution in [1.82, 2.24) is 0 Å². The van der Waals surface area contributed by atoms with E-state index in [1.807, 2.05) is 12.1 Å². The van der Waals surface area contributed by atoms with Crippen LogP contribution in [0, 0.1) is 5.92 Å². The smallest absolute Gasteiger partial charge is 0.161 e. The lowest BCUT2D eigenvalue weighted by Crippen LogP contribution is -2.10. The minimum absolute atomic E-state index is 0.551. The number of halogens is 2. The third kappa shape index (κ3) is 3.56. The molecule has 1 unspecified atom stereocenters. The number of thioether (sulfide) groups is 1. The van der Waals surface area contributed by atoms with Gasteiger partial charge in [-0.25, -0.2) is 0 Å². The highest BCUT2D eigenvalue weighted by Gasteiger charge is 2.21. The van der Waals surface area contributed by atoms with Crippen LogP contribution in [0.3, 0.4) is 0 Å². The number of rotatable bonds is 3. The van der Waals surface area contributed by atoms with Gasteiger partial charge in [-0.1, -0.05) is 54.9 Å². The van der Waals surface area contributed by atoms with Crippen LogP contribution in [0.2, 0.25) is 10.0 Å². The van der Waals surface area contributed by atoms with Crippen molar-refractivity contribution >= 4 is 45.8 Å². The number of hydrogen-bond donors (Lipinski definition) is 1. The molecule has 1 aliphatic heterocycles. The molecule has 0 amide bonds. The molecule has 0 aromatic heterocycles. The van der Waals surface area contributed by atoms with Crippen molar-refractivity contribution in [3.8, 4) is 0 Å². The first-order valence-corrected chi connectivity index (χ1v) is 7.62. The molecule has 0 saturated carbocycles. The number of anilines is 1. The van der Waals surface area contributed by atoms with E-state index in [0.717, 1.165) is 17.4 Å². The Morgan fingerprint density at radius 3 is 2.94 bits per heavy atom. The van der Waals surface area contributed by atoms with Crippen LogP contribution in [0.25, 0.3) is 0 Å². The van der Waals surface area contributed by atoms with Crippen LogP contribution in [0.15, 0.2) is 23.2 Å². The molecule has 1 aromatic rings. The molecule has 1 N–H and O–H groups in total. The van der Waals surface area contributed by atoms with Crippen LogP contribution >= 0.6 is 35.0 Å². The predicted molar refractivity (Wildman–Crippen MR) is 83.2 cm³/mol. The van der Waals surface area contributed by atoms with E-state index >= 15 is 0 Å². The summed E-state index contributed by atoms with van der Waals surface area (Å²) in [7, 11) is 0. The summed E-state index contributed by atoms with van der Waals surface area (Å²) in [5.41, 5.74) is 0.820. The summed E-state index contributed by atoms with van der Waals surface area (Å²) in [4.78, 5) is 4.50. The Morgan fingerprint density at radius 1 is 1.44 bits per heavy atom. The summed E-state index contributed by atoms with van der Waals surface area (Å²) in [6.07, 6.45) is 1.18. The van der Waals surface area contributed by atoms with E-state index in [2.05, 4.69) is 24.2 Å². The van der Waals surface area contributed by atoms with Gasteiger partial charge in [0.15, 0.2) is 5.17 Å². The Morgan fingerprint density at radius 2 is 2.22 bits per heavy atom. The normalized spacial score (nSPS) is 19.2. The average Bonchev–Trinajstić information content (AvgIpc) is 2.71. The van der Waals surface area contributed by atoms with Gasteiger partial charge in [0, 0.05) is 5.25 Å². The molecule has 2 rings (SSSR count). The summed E-state index contributed by atoms with van der Waals surface area (Å²) >= 11 is 13.9. The molecule has 1 heterocycles. The topological polar surface area (TPSA) is 24.4 Å². The van der Waals surface area contributed by atoms with Crippen molar-refractivity contribution < 1.29 is 0 Å². The fourth-order valence-electron chi connectivity index (χ4n) is 1.85. The number of amidine groups is 1. The van der Waals surface area contributed by atoms with Crippen molar-refractivity contribution in [3.05, 3.63) is 28.2 Å². The van der Waals surface area contributed by atoms with Gasteiger partial charge in [-0.05, 0) is 24.5 Å². The second-order valence-corrected chi connectivity index (χ2v) is 6.82. The largest absolute Gasteiger partial charge is 0.334 e. The first-order chi connectivity index (χ1) is 8.56. The standard InChI is InChI=1S/C13H16Cl2N2S/c1-8(2)6-9-7-16-13(18-9)17-11-5-3-4-10(14)12(11)15/h3-5,8-9H,6-7H2,1-2H3,(H,16,17). The van der Waals surface area contributed by atoms with Crippen molar-refractivity contribution in [2.24, 2.45) is 10.9 Å². The Balaban J connectivity index is 1.97. The lowest BCUT2D eigenvalue weighted by molar-refractivity contribution is 0.575. The van der Waals surface area contributed by atoms with E-state index in [0.29, 0.717) is 21.2 Å². The molecule has 0 radical (unpaired) electrons. The minimum atomic E-state index is 0.551. The van der Waals surface area contributed by atoms with Crippen LogP contribution in [0.1, 0.15) is 20.3 Å². The molecule has 0 spiro atoms. The molecule has 1 aliphatic rings. The van der Waals surface area contributed by atoms with Gasteiger partial charge in [0.05, 0.1) is 22.3 Å². The van der Waals surface area contributed by atoms with Crippen LogP contribution in [0.4, 0.5) is 5.69 Å². The summed E-state index contributed by atoms with van der Waals surface area (Å²) in [5.74, 6) is 0.701. The molecule has 0 aliphatic carbocycles. The molecule has 1 aromatic carbocycles. The highest BCUT2D eigenvalue weighted by atomic mass is 35.5. The molecule has 0 fully saturated rings. The van der Waals surface area contributed by atoms with E-state index < -0.39 is 0 Å². The third-order valence-electron chi connectivity index (χ3n) is 2.64. The predicted octanol–water partition coefficient (Wildman–Crippen LogP) is 4.92. The Kier molecular flexibility index (Phi) is 4.82. The monoisotopic (exact) mass is 302 g/mol. The van der Waals surface area contributed by atoms with Crippen molar-refractivity contribution in [2.45, 2.75) is 25.5 Å². The van der Waals surface area contributed by atoms with Gasteiger partial charge in [-0.3, -0.25) is 4.99 Å². The fourth-order valence-corrected chi connectivity index (χ4v) is 3.46. The molecule has 18 heavy (non-hydrogen) atoms. The zero-order chi connectivity index (χ0) is 13.1. The fraction of sp³-hybridized carbons (Fsp3) is 0.462. The molecule has 5 heteroatoms. The lowest BCUT2D eigenvalue weighted by atomic mass is 10.1. The van der Waals surface area contributed by atoms with Crippen molar-refractivity contribution in [3.63, 3.8) is 0 Å². The molecule has 0 saturated heterocycles. The maximum atomic E-state index is 6.13. The van der Waals surface area contributed by atoms with Crippen LogP contribution in [-0.4, -0.2) is 17.0 Å². The average molecular weight is 303 g/mol. The van der Waals surface area contributed by atoms with Gasteiger partial charge in [0.1, 0.15) is 0 Å². The first-order valence-electron chi connectivity index (χ1n) is 5.98. The second-order valence-electron chi connectivity index (χ2n) is 4.74. The Hall–Kier alpha value is -0.380. The van der Waals surface area contributed by atoms with E-state index in [1.165, 1.54) is 6.42 Å². The van der Waals surface area contributed by atoms with E-state index in [1.54, 1.807) is 17.8 Å². The van der Waals surface area contributed by atoms with Crippen LogP contribution < -0.4 is 5.32 Å². The van der Waals surface area contributed by atoms with E-state index in [4.69, 9.17) is 23.2 Å². The Labute approximate surface area is 122 Å².